The molecule has 2 nitrogen and oxygen atoms in total. The molecule has 0 amide bonds. The Kier molecular flexibility index (Phi) is 5.53. The van der Waals surface area contributed by atoms with Gasteiger partial charge in [-0.15, -0.1) is 0 Å². The first-order valence-electron chi connectivity index (χ1n) is 6.37. The summed E-state index contributed by atoms with van der Waals surface area (Å²) < 4.78 is 14.9. The monoisotopic (exact) mass is 414 g/mol. The third kappa shape index (κ3) is 4.64. The van der Waals surface area contributed by atoms with E-state index in [1.165, 1.54) is 12.1 Å². The molecule has 0 spiro atoms. The fraction of sp³-hybridized carbons (Fsp3) is 0.188. The van der Waals surface area contributed by atoms with Crippen molar-refractivity contribution in [2.75, 3.05) is 0 Å². The quantitative estimate of drug-likeness (QED) is 0.758. The van der Waals surface area contributed by atoms with Gasteiger partial charge in [0.15, 0.2) is 0 Å². The Morgan fingerprint density at radius 3 is 2.57 bits per heavy atom. The van der Waals surface area contributed by atoms with Crippen LogP contribution in [0.2, 0.25) is 0 Å². The highest BCUT2D eigenvalue weighted by Crippen LogP contribution is 2.24. The van der Waals surface area contributed by atoms with E-state index >= 15 is 0 Å². The van der Waals surface area contributed by atoms with E-state index in [9.17, 15) is 14.3 Å². The summed E-state index contributed by atoms with van der Waals surface area (Å²) in [6.45, 7) is 0. The summed E-state index contributed by atoms with van der Waals surface area (Å²) in [6.07, 6.45) is 0.678. The van der Waals surface area contributed by atoms with E-state index in [1.807, 2.05) is 24.3 Å². The molecule has 0 aliphatic carbocycles. The largest absolute Gasteiger partial charge is 0.481 e. The van der Waals surface area contributed by atoms with Crippen molar-refractivity contribution in [3.8, 4) is 0 Å². The van der Waals surface area contributed by atoms with Crippen molar-refractivity contribution in [2.45, 2.75) is 12.8 Å². The maximum atomic E-state index is 13.3. The first-order valence-corrected chi connectivity index (χ1v) is 7.95. The van der Waals surface area contributed by atoms with Crippen LogP contribution in [-0.4, -0.2) is 11.1 Å². The van der Waals surface area contributed by atoms with Crippen molar-refractivity contribution in [2.24, 2.45) is 5.92 Å². The molecule has 110 valence electrons. The Balaban J connectivity index is 2.20. The van der Waals surface area contributed by atoms with Crippen LogP contribution in [0.1, 0.15) is 11.1 Å². The number of rotatable bonds is 5. The molecule has 0 aromatic heterocycles. The molecule has 2 aromatic carbocycles. The van der Waals surface area contributed by atoms with Crippen molar-refractivity contribution in [1.82, 2.24) is 0 Å². The molecule has 2 aromatic rings. The Morgan fingerprint density at radius 1 is 1.14 bits per heavy atom. The van der Waals surface area contributed by atoms with Crippen LogP contribution in [0.25, 0.3) is 0 Å². The highest BCUT2D eigenvalue weighted by atomic mass is 79.9. The Bertz CT molecular complexity index is 658. The second-order valence-electron chi connectivity index (χ2n) is 4.81. The summed E-state index contributed by atoms with van der Waals surface area (Å²) in [7, 11) is 0. The second kappa shape index (κ2) is 7.18. The third-order valence-electron chi connectivity index (χ3n) is 3.19. The van der Waals surface area contributed by atoms with Crippen molar-refractivity contribution >= 4 is 37.8 Å². The molecule has 0 fully saturated rings. The summed E-state index contributed by atoms with van der Waals surface area (Å²) in [6, 6.07) is 11.9. The zero-order valence-electron chi connectivity index (χ0n) is 11.0. The van der Waals surface area contributed by atoms with Crippen LogP contribution in [0, 0.1) is 11.7 Å². The lowest BCUT2D eigenvalue weighted by Gasteiger charge is -2.14. The maximum absolute atomic E-state index is 13.3. The van der Waals surface area contributed by atoms with Gasteiger partial charge in [0.25, 0.3) is 0 Å². The van der Waals surface area contributed by atoms with Gasteiger partial charge in [0.1, 0.15) is 5.82 Å². The molecule has 1 unspecified atom stereocenters. The molecule has 0 aliphatic rings. The zero-order chi connectivity index (χ0) is 15.4. The lowest BCUT2D eigenvalue weighted by atomic mass is 9.92. The smallest absolute Gasteiger partial charge is 0.307 e. The van der Waals surface area contributed by atoms with Gasteiger partial charge in [-0.2, -0.15) is 0 Å². The molecule has 1 atom stereocenters. The molecule has 0 bridgehead atoms. The number of carboxylic acid groups (broad SMARTS) is 1. The van der Waals surface area contributed by atoms with Crippen molar-refractivity contribution in [3.05, 3.63) is 68.4 Å². The minimum Gasteiger partial charge on any atom is -0.481 e. The number of hydrogen-bond donors (Lipinski definition) is 1. The summed E-state index contributed by atoms with van der Waals surface area (Å²) in [4.78, 5) is 11.5. The van der Waals surface area contributed by atoms with Crippen LogP contribution in [0.5, 0.6) is 0 Å². The Labute approximate surface area is 139 Å². The Hall–Kier alpha value is -1.20. The molecular formula is C16H13Br2FO2. The number of carbonyl (C=O) groups is 1. The summed E-state index contributed by atoms with van der Waals surface area (Å²) in [5, 5.41) is 9.40. The summed E-state index contributed by atoms with van der Waals surface area (Å²) >= 11 is 6.71. The number of benzene rings is 2. The highest BCUT2D eigenvalue weighted by molar-refractivity contribution is 9.10. The van der Waals surface area contributed by atoms with Crippen molar-refractivity contribution in [3.63, 3.8) is 0 Å². The minimum atomic E-state index is -0.883. The van der Waals surface area contributed by atoms with Crippen LogP contribution < -0.4 is 0 Å². The van der Waals surface area contributed by atoms with Crippen LogP contribution in [0.4, 0.5) is 4.39 Å². The van der Waals surface area contributed by atoms with E-state index in [1.54, 1.807) is 6.07 Å². The van der Waals surface area contributed by atoms with Gasteiger partial charge in [-0.3, -0.25) is 4.79 Å². The SMILES string of the molecule is O=C(O)C(Cc1cccc(Br)c1)Cc1cc(F)ccc1Br. The van der Waals surface area contributed by atoms with E-state index in [2.05, 4.69) is 31.9 Å². The van der Waals surface area contributed by atoms with E-state index < -0.39 is 11.9 Å². The van der Waals surface area contributed by atoms with Gasteiger partial charge < -0.3 is 5.11 Å². The molecule has 0 saturated heterocycles. The first-order chi connectivity index (χ1) is 9.95. The Morgan fingerprint density at radius 2 is 1.90 bits per heavy atom. The van der Waals surface area contributed by atoms with E-state index in [0.717, 1.165) is 14.5 Å². The van der Waals surface area contributed by atoms with Gasteiger partial charge in [0, 0.05) is 8.95 Å². The standard InChI is InChI=1S/C16H13Br2FO2/c17-13-3-1-2-10(7-13)6-12(16(20)21)8-11-9-14(19)4-5-15(11)18/h1-5,7,9,12H,6,8H2,(H,20,21). The summed E-state index contributed by atoms with van der Waals surface area (Å²) in [5.74, 6) is -1.84. The first kappa shape index (κ1) is 16.2. The zero-order valence-corrected chi connectivity index (χ0v) is 14.2. The summed E-state index contributed by atoms with van der Waals surface area (Å²) in [5.41, 5.74) is 1.60. The highest BCUT2D eigenvalue weighted by Gasteiger charge is 2.20. The van der Waals surface area contributed by atoms with E-state index in [-0.39, 0.29) is 12.2 Å². The normalized spacial score (nSPS) is 12.1. The van der Waals surface area contributed by atoms with Crippen LogP contribution >= 0.6 is 31.9 Å². The average Bonchev–Trinajstić information content (AvgIpc) is 2.42. The molecule has 0 radical (unpaired) electrons. The van der Waals surface area contributed by atoms with Crippen LogP contribution in [0.15, 0.2) is 51.4 Å². The van der Waals surface area contributed by atoms with Gasteiger partial charge >= 0.3 is 5.97 Å². The predicted molar refractivity (Wildman–Crippen MR) is 86.8 cm³/mol. The van der Waals surface area contributed by atoms with E-state index in [4.69, 9.17) is 0 Å². The molecule has 5 heteroatoms. The van der Waals surface area contributed by atoms with Crippen molar-refractivity contribution < 1.29 is 14.3 Å². The van der Waals surface area contributed by atoms with Gasteiger partial charge in [-0.25, -0.2) is 4.39 Å². The molecule has 1 N–H and O–H groups in total. The number of aliphatic carboxylic acids is 1. The van der Waals surface area contributed by atoms with E-state index in [0.29, 0.717) is 12.0 Å². The minimum absolute atomic E-state index is 0.278. The lowest BCUT2D eigenvalue weighted by molar-refractivity contribution is -0.141. The molecule has 2 rings (SSSR count). The van der Waals surface area contributed by atoms with Gasteiger partial charge in [-0.1, -0.05) is 44.0 Å². The molecule has 0 heterocycles. The fourth-order valence-corrected chi connectivity index (χ4v) is 3.02. The molecule has 0 saturated carbocycles. The predicted octanol–water partition coefficient (Wildman–Crippen LogP) is 4.84. The lowest BCUT2D eigenvalue weighted by Crippen LogP contribution is -2.19. The third-order valence-corrected chi connectivity index (χ3v) is 4.46. The maximum Gasteiger partial charge on any atom is 0.307 e. The van der Waals surface area contributed by atoms with Crippen molar-refractivity contribution in [1.29, 1.82) is 0 Å². The van der Waals surface area contributed by atoms with Crippen LogP contribution in [-0.2, 0) is 17.6 Å². The molecule has 21 heavy (non-hydrogen) atoms. The van der Waals surface area contributed by atoms with Gasteiger partial charge in [0.05, 0.1) is 5.92 Å². The number of carboxylic acids is 1. The second-order valence-corrected chi connectivity index (χ2v) is 6.58. The molecule has 0 aliphatic heterocycles. The average molecular weight is 416 g/mol. The molecular weight excluding hydrogens is 403 g/mol. The number of halogens is 3. The van der Waals surface area contributed by atoms with Gasteiger partial charge in [-0.05, 0) is 54.3 Å². The van der Waals surface area contributed by atoms with Crippen LogP contribution in [0.3, 0.4) is 0 Å². The fourth-order valence-electron chi connectivity index (χ4n) is 2.16. The van der Waals surface area contributed by atoms with Gasteiger partial charge in [0.2, 0.25) is 0 Å². The number of hydrogen-bond acceptors (Lipinski definition) is 1. The topological polar surface area (TPSA) is 37.3 Å².